The number of hydrogen-bond acceptors (Lipinski definition) is 4. The third-order valence-electron chi connectivity index (χ3n) is 3.55. The molecule has 0 heterocycles. The SMILES string of the molecule is Cc1cccc(OCCN(C)C(=O)CNC(=O)[C@@H](N)C(C)C)c1.Cl. The van der Waals surface area contributed by atoms with Gasteiger partial charge in [-0.15, -0.1) is 12.4 Å². The number of hydrogen-bond donors (Lipinski definition) is 2. The molecule has 136 valence electrons. The molecule has 1 aromatic rings. The van der Waals surface area contributed by atoms with Gasteiger partial charge in [-0.1, -0.05) is 26.0 Å². The number of amides is 2. The van der Waals surface area contributed by atoms with Crippen molar-refractivity contribution in [2.45, 2.75) is 26.8 Å². The second-order valence-corrected chi connectivity index (χ2v) is 5.97. The smallest absolute Gasteiger partial charge is 0.241 e. The molecule has 0 aromatic heterocycles. The Labute approximate surface area is 150 Å². The Kier molecular flexibility index (Phi) is 10.1. The topological polar surface area (TPSA) is 84.7 Å². The summed E-state index contributed by atoms with van der Waals surface area (Å²) in [6.45, 7) is 6.50. The molecule has 3 N–H and O–H groups in total. The minimum Gasteiger partial charge on any atom is -0.492 e. The molecule has 0 radical (unpaired) electrons. The molecule has 1 aromatic carbocycles. The van der Waals surface area contributed by atoms with Gasteiger partial charge >= 0.3 is 0 Å². The van der Waals surface area contributed by atoms with Gasteiger partial charge in [-0.3, -0.25) is 9.59 Å². The van der Waals surface area contributed by atoms with E-state index in [0.29, 0.717) is 13.2 Å². The highest BCUT2D eigenvalue weighted by molar-refractivity contribution is 5.87. The van der Waals surface area contributed by atoms with Crippen molar-refractivity contribution in [1.82, 2.24) is 10.2 Å². The van der Waals surface area contributed by atoms with Gasteiger partial charge in [0.2, 0.25) is 11.8 Å². The van der Waals surface area contributed by atoms with Crippen LogP contribution >= 0.6 is 12.4 Å². The largest absolute Gasteiger partial charge is 0.492 e. The fourth-order valence-electron chi connectivity index (χ4n) is 1.85. The standard InChI is InChI=1S/C17H27N3O3.ClH/c1-12(2)16(18)17(22)19-11-15(21)20(4)8-9-23-14-7-5-6-13(3)10-14;/h5-7,10,12,16H,8-9,11,18H2,1-4H3,(H,19,22);1H/t16-;/m0./s1. The first-order valence-corrected chi connectivity index (χ1v) is 7.78. The highest BCUT2D eigenvalue weighted by Gasteiger charge is 2.18. The average molecular weight is 358 g/mol. The van der Waals surface area contributed by atoms with Crippen LogP contribution in [0.5, 0.6) is 5.75 Å². The summed E-state index contributed by atoms with van der Waals surface area (Å²) in [5, 5.41) is 2.56. The van der Waals surface area contributed by atoms with Gasteiger partial charge in [-0.05, 0) is 30.5 Å². The molecule has 0 saturated heterocycles. The van der Waals surface area contributed by atoms with Crippen molar-refractivity contribution in [2.75, 3.05) is 26.7 Å². The van der Waals surface area contributed by atoms with Crippen molar-refractivity contribution < 1.29 is 14.3 Å². The van der Waals surface area contributed by atoms with Crippen LogP contribution in [0.25, 0.3) is 0 Å². The summed E-state index contributed by atoms with van der Waals surface area (Å²) in [4.78, 5) is 25.2. The number of carbonyl (C=O) groups is 2. The predicted octanol–water partition coefficient (Wildman–Crippen LogP) is 1.35. The average Bonchev–Trinajstić information content (AvgIpc) is 2.51. The second-order valence-electron chi connectivity index (χ2n) is 5.97. The molecule has 7 heteroatoms. The molecular formula is C17H28ClN3O3. The summed E-state index contributed by atoms with van der Waals surface area (Å²) >= 11 is 0. The number of aryl methyl sites for hydroxylation is 1. The van der Waals surface area contributed by atoms with Gasteiger partial charge in [0.1, 0.15) is 12.4 Å². The van der Waals surface area contributed by atoms with E-state index in [2.05, 4.69) is 5.32 Å². The molecule has 0 aliphatic carbocycles. The molecule has 0 saturated carbocycles. The van der Waals surface area contributed by atoms with E-state index >= 15 is 0 Å². The van der Waals surface area contributed by atoms with Crippen LogP contribution in [0.2, 0.25) is 0 Å². The van der Waals surface area contributed by atoms with Crippen LogP contribution in [-0.4, -0.2) is 49.5 Å². The molecule has 0 unspecified atom stereocenters. The van der Waals surface area contributed by atoms with Crippen molar-refractivity contribution in [3.05, 3.63) is 29.8 Å². The van der Waals surface area contributed by atoms with Crippen molar-refractivity contribution in [3.63, 3.8) is 0 Å². The predicted molar refractivity (Wildman–Crippen MR) is 97.4 cm³/mol. The number of nitrogens with zero attached hydrogens (tertiary/aromatic N) is 1. The van der Waals surface area contributed by atoms with Gasteiger partial charge in [0, 0.05) is 7.05 Å². The normalized spacial score (nSPS) is 11.4. The number of likely N-dealkylation sites (N-methyl/N-ethyl adjacent to an activating group) is 1. The maximum atomic E-state index is 12.0. The van der Waals surface area contributed by atoms with E-state index in [0.717, 1.165) is 11.3 Å². The molecule has 1 atom stereocenters. The fraction of sp³-hybridized carbons (Fsp3) is 0.529. The fourth-order valence-corrected chi connectivity index (χ4v) is 1.85. The minimum absolute atomic E-state index is 0. The third-order valence-corrected chi connectivity index (χ3v) is 3.55. The lowest BCUT2D eigenvalue weighted by molar-refractivity contribution is -0.132. The van der Waals surface area contributed by atoms with Gasteiger partial charge < -0.3 is 20.7 Å². The Morgan fingerprint density at radius 1 is 1.33 bits per heavy atom. The molecule has 0 spiro atoms. The van der Waals surface area contributed by atoms with Crippen LogP contribution < -0.4 is 15.8 Å². The monoisotopic (exact) mass is 357 g/mol. The number of nitrogens with one attached hydrogen (secondary N) is 1. The molecule has 6 nitrogen and oxygen atoms in total. The van der Waals surface area contributed by atoms with Crippen LogP contribution in [0.3, 0.4) is 0 Å². The summed E-state index contributed by atoms with van der Waals surface area (Å²) in [5.74, 6) is 0.326. The zero-order valence-electron chi connectivity index (χ0n) is 14.7. The lowest BCUT2D eigenvalue weighted by Gasteiger charge is -2.19. The minimum atomic E-state index is -0.599. The number of nitrogens with two attached hydrogens (primary N) is 1. The van der Waals surface area contributed by atoms with Crippen molar-refractivity contribution in [2.24, 2.45) is 11.7 Å². The summed E-state index contributed by atoms with van der Waals surface area (Å²) in [7, 11) is 1.68. The molecule has 0 bridgehead atoms. The van der Waals surface area contributed by atoms with Crippen molar-refractivity contribution in [1.29, 1.82) is 0 Å². The quantitative estimate of drug-likeness (QED) is 0.735. The Bertz CT molecular complexity index is 538. The molecular weight excluding hydrogens is 330 g/mol. The number of benzene rings is 1. The van der Waals surface area contributed by atoms with Crippen LogP contribution in [0.15, 0.2) is 24.3 Å². The van der Waals surface area contributed by atoms with Crippen LogP contribution in [0.1, 0.15) is 19.4 Å². The molecule has 0 aliphatic heterocycles. The van der Waals surface area contributed by atoms with E-state index in [1.807, 2.05) is 45.0 Å². The first-order chi connectivity index (χ1) is 10.8. The lowest BCUT2D eigenvalue weighted by Crippen LogP contribution is -2.47. The Hall–Kier alpha value is -1.79. The van der Waals surface area contributed by atoms with Gasteiger partial charge in [0.25, 0.3) is 0 Å². The molecule has 0 fully saturated rings. The van der Waals surface area contributed by atoms with Crippen molar-refractivity contribution in [3.8, 4) is 5.75 Å². The maximum Gasteiger partial charge on any atom is 0.241 e. The third kappa shape index (κ3) is 7.66. The number of rotatable bonds is 8. The Balaban J connectivity index is 0.00000529. The number of ether oxygens (including phenoxy) is 1. The summed E-state index contributed by atoms with van der Waals surface area (Å²) in [6.07, 6.45) is 0. The van der Waals surface area contributed by atoms with Crippen LogP contribution in [0.4, 0.5) is 0 Å². The highest BCUT2D eigenvalue weighted by atomic mass is 35.5. The Morgan fingerprint density at radius 3 is 2.58 bits per heavy atom. The first-order valence-electron chi connectivity index (χ1n) is 7.78. The summed E-state index contributed by atoms with van der Waals surface area (Å²) < 4.78 is 5.60. The molecule has 1 rings (SSSR count). The van der Waals surface area contributed by atoms with E-state index in [1.54, 1.807) is 7.05 Å². The van der Waals surface area contributed by atoms with Crippen LogP contribution in [-0.2, 0) is 9.59 Å². The second kappa shape index (κ2) is 10.9. The zero-order chi connectivity index (χ0) is 17.4. The maximum absolute atomic E-state index is 12.0. The van der Waals surface area contributed by atoms with E-state index in [-0.39, 0.29) is 36.7 Å². The van der Waals surface area contributed by atoms with Gasteiger partial charge in [-0.2, -0.15) is 0 Å². The zero-order valence-corrected chi connectivity index (χ0v) is 15.6. The van der Waals surface area contributed by atoms with E-state index < -0.39 is 6.04 Å². The lowest BCUT2D eigenvalue weighted by atomic mass is 10.1. The van der Waals surface area contributed by atoms with Crippen LogP contribution in [0, 0.1) is 12.8 Å². The molecule has 24 heavy (non-hydrogen) atoms. The summed E-state index contributed by atoms with van der Waals surface area (Å²) in [5.41, 5.74) is 6.84. The van der Waals surface area contributed by atoms with E-state index in [1.165, 1.54) is 4.90 Å². The highest BCUT2D eigenvalue weighted by Crippen LogP contribution is 2.11. The van der Waals surface area contributed by atoms with E-state index in [9.17, 15) is 9.59 Å². The van der Waals surface area contributed by atoms with Gasteiger partial charge in [0.15, 0.2) is 0 Å². The van der Waals surface area contributed by atoms with Gasteiger partial charge in [-0.25, -0.2) is 0 Å². The summed E-state index contributed by atoms with van der Waals surface area (Å²) in [6, 6.07) is 7.13. The Morgan fingerprint density at radius 2 is 2.00 bits per heavy atom. The van der Waals surface area contributed by atoms with Crippen molar-refractivity contribution >= 4 is 24.2 Å². The van der Waals surface area contributed by atoms with E-state index in [4.69, 9.17) is 10.5 Å². The number of halogens is 1. The molecule has 2 amide bonds. The van der Waals surface area contributed by atoms with Gasteiger partial charge in [0.05, 0.1) is 19.1 Å². The first kappa shape index (κ1) is 22.2. The molecule has 0 aliphatic rings. The number of carbonyl (C=O) groups excluding carboxylic acids is 2.